The minimum Gasteiger partial charge on any atom is -0.507 e. The zero-order valence-corrected chi connectivity index (χ0v) is 13.9. The number of ether oxygens (including phenoxy) is 1. The summed E-state index contributed by atoms with van der Waals surface area (Å²) in [6.45, 7) is 3.70. The summed E-state index contributed by atoms with van der Waals surface area (Å²) in [5.74, 6) is 1.49. The van der Waals surface area contributed by atoms with Gasteiger partial charge in [-0.25, -0.2) is 0 Å². The number of hydrogen-bond donors (Lipinski definition) is 2. The van der Waals surface area contributed by atoms with Crippen molar-refractivity contribution in [1.29, 1.82) is 0 Å². The molecule has 3 aromatic rings. The van der Waals surface area contributed by atoms with Crippen molar-refractivity contribution in [1.82, 2.24) is 0 Å². The number of phenolic OH excluding ortho intramolecular Hbond substituents is 1. The van der Waals surface area contributed by atoms with Gasteiger partial charge in [-0.1, -0.05) is 6.08 Å². The van der Waals surface area contributed by atoms with Crippen LogP contribution in [0.5, 0.6) is 11.5 Å². The van der Waals surface area contributed by atoms with Crippen LogP contribution < -0.4 is 4.74 Å². The van der Waals surface area contributed by atoms with E-state index in [0.717, 1.165) is 22.1 Å². The molecule has 0 aliphatic carbocycles. The van der Waals surface area contributed by atoms with Crippen molar-refractivity contribution in [2.45, 2.75) is 20.0 Å². The third-order valence-electron chi connectivity index (χ3n) is 4.02. The van der Waals surface area contributed by atoms with Crippen LogP contribution in [0, 0.1) is 13.8 Å². The molecule has 4 nitrogen and oxygen atoms in total. The number of aliphatic hydroxyl groups excluding tert-OH is 1. The lowest BCUT2D eigenvalue weighted by molar-refractivity contribution is 0.201. The Morgan fingerprint density at radius 1 is 1.08 bits per heavy atom. The van der Waals surface area contributed by atoms with E-state index in [-0.39, 0.29) is 0 Å². The Balaban J connectivity index is 1.85. The number of hydrogen-bond acceptors (Lipinski definition) is 4. The van der Waals surface area contributed by atoms with Crippen LogP contribution in [0.15, 0.2) is 46.9 Å². The van der Waals surface area contributed by atoms with E-state index in [1.807, 2.05) is 50.3 Å². The standard InChI is InChI=1S/C20H20O4/c1-12-8-14(9-13(2)20(12)22)4-7-17(21)19-10-15-5-6-16(23-3)11-18(15)24-19/h4-11,17,21-22H,1-3H3/b7-4+. The number of aromatic hydroxyl groups is 1. The van der Waals surface area contributed by atoms with Crippen LogP contribution in [0.25, 0.3) is 17.0 Å². The lowest BCUT2D eigenvalue weighted by atomic mass is 10.0. The van der Waals surface area contributed by atoms with Crippen LogP contribution in [0.4, 0.5) is 0 Å². The Labute approximate surface area is 140 Å². The van der Waals surface area contributed by atoms with E-state index in [4.69, 9.17) is 9.15 Å². The molecule has 0 bridgehead atoms. The quantitative estimate of drug-likeness (QED) is 0.741. The maximum absolute atomic E-state index is 10.3. The number of furan rings is 1. The van der Waals surface area contributed by atoms with Crippen molar-refractivity contribution in [3.8, 4) is 11.5 Å². The highest BCUT2D eigenvalue weighted by Gasteiger charge is 2.11. The second-order valence-electron chi connectivity index (χ2n) is 5.86. The van der Waals surface area contributed by atoms with Crippen LogP contribution in [0.3, 0.4) is 0 Å². The average molecular weight is 324 g/mol. The Hall–Kier alpha value is -2.72. The maximum atomic E-state index is 10.3. The molecule has 24 heavy (non-hydrogen) atoms. The van der Waals surface area contributed by atoms with E-state index in [2.05, 4.69) is 0 Å². The van der Waals surface area contributed by atoms with E-state index < -0.39 is 6.10 Å². The van der Waals surface area contributed by atoms with E-state index in [0.29, 0.717) is 22.8 Å². The number of phenols is 1. The smallest absolute Gasteiger partial charge is 0.138 e. The van der Waals surface area contributed by atoms with Gasteiger partial charge in [0.05, 0.1) is 7.11 Å². The molecule has 0 radical (unpaired) electrons. The van der Waals surface area contributed by atoms with Crippen LogP contribution in [-0.4, -0.2) is 17.3 Å². The van der Waals surface area contributed by atoms with Crippen LogP contribution in [0.1, 0.15) is 28.6 Å². The predicted molar refractivity (Wildman–Crippen MR) is 94.3 cm³/mol. The largest absolute Gasteiger partial charge is 0.507 e. The molecular weight excluding hydrogens is 304 g/mol. The topological polar surface area (TPSA) is 62.8 Å². The number of aryl methyl sites for hydroxylation is 2. The van der Waals surface area contributed by atoms with Crippen molar-refractivity contribution in [3.63, 3.8) is 0 Å². The molecule has 2 N–H and O–H groups in total. The second-order valence-corrected chi connectivity index (χ2v) is 5.86. The highest BCUT2D eigenvalue weighted by molar-refractivity contribution is 5.79. The van der Waals surface area contributed by atoms with Gasteiger partial charge in [0.25, 0.3) is 0 Å². The Kier molecular flexibility index (Phi) is 4.32. The summed E-state index contributed by atoms with van der Waals surface area (Å²) >= 11 is 0. The molecule has 1 unspecified atom stereocenters. The van der Waals surface area contributed by atoms with E-state index in [1.165, 1.54) is 0 Å². The lowest BCUT2D eigenvalue weighted by Crippen LogP contribution is -1.90. The molecule has 0 fully saturated rings. The zero-order valence-electron chi connectivity index (χ0n) is 13.9. The molecule has 0 saturated carbocycles. The summed E-state index contributed by atoms with van der Waals surface area (Å²) in [6, 6.07) is 11.1. The Morgan fingerprint density at radius 2 is 1.79 bits per heavy atom. The second kappa shape index (κ2) is 6.42. The van der Waals surface area contributed by atoms with Crippen molar-refractivity contribution >= 4 is 17.0 Å². The predicted octanol–water partition coefficient (Wildman–Crippen LogP) is 4.51. The van der Waals surface area contributed by atoms with Crippen molar-refractivity contribution in [2.75, 3.05) is 7.11 Å². The fraction of sp³-hybridized carbons (Fsp3) is 0.200. The minimum atomic E-state index is -0.849. The monoisotopic (exact) mass is 324 g/mol. The third kappa shape index (κ3) is 3.14. The van der Waals surface area contributed by atoms with E-state index in [1.54, 1.807) is 19.3 Å². The first-order valence-electron chi connectivity index (χ1n) is 7.72. The third-order valence-corrected chi connectivity index (χ3v) is 4.02. The number of rotatable bonds is 4. The highest BCUT2D eigenvalue weighted by atomic mass is 16.5. The zero-order chi connectivity index (χ0) is 17.3. The fourth-order valence-corrected chi connectivity index (χ4v) is 2.69. The molecule has 1 heterocycles. The normalized spacial score (nSPS) is 12.8. The van der Waals surface area contributed by atoms with Gasteiger partial charge in [0.1, 0.15) is 28.9 Å². The van der Waals surface area contributed by atoms with Gasteiger partial charge < -0.3 is 19.4 Å². The summed E-state index contributed by atoms with van der Waals surface area (Å²) in [7, 11) is 1.60. The van der Waals surface area contributed by atoms with Crippen molar-refractivity contribution in [2.24, 2.45) is 0 Å². The van der Waals surface area contributed by atoms with E-state index >= 15 is 0 Å². The maximum Gasteiger partial charge on any atom is 0.138 e. The van der Waals surface area contributed by atoms with Gasteiger partial charge in [0, 0.05) is 11.5 Å². The van der Waals surface area contributed by atoms with Crippen molar-refractivity contribution in [3.05, 3.63) is 64.9 Å². The molecule has 2 aromatic carbocycles. The lowest BCUT2D eigenvalue weighted by Gasteiger charge is -2.05. The summed E-state index contributed by atoms with van der Waals surface area (Å²) in [6.07, 6.45) is 2.63. The summed E-state index contributed by atoms with van der Waals surface area (Å²) < 4.78 is 10.9. The first-order valence-corrected chi connectivity index (χ1v) is 7.72. The first kappa shape index (κ1) is 16.1. The van der Waals surface area contributed by atoms with E-state index in [9.17, 15) is 10.2 Å². The molecule has 0 amide bonds. The van der Waals surface area contributed by atoms with Crippen LogP contribution in [-0.2, 0) is 0 Å². The van der Waals surface area contributed by atoms with Gasteiger partial charge in [-0.3, -0.25) is 0 Å². The van der Waals surface area contributed by atoms with Gasteiger partial charge in [0.2, 0.25) is 0 Å². The molecule has 4 heteroatoms. The molecule has 0 saturated heterocycles. The average Bonchev–Trinajstić information content (AvgIpc) is 3.00. The molecule has 1 atom stereocenters. The number of aliphatic hydroxyl groups is 1. The van der Waals surface area contributed by atoms with Gasteiger partial charge in [0.15, 0.2) is 0 Å². The molecule has 1 aromatic heterocycles. The molecule has 0 spiro atoms. The van der Waals surface area contributed by atoms with Crippen LogP contribution >= 0.6 is 0 Å². The first-order chi connectivity index (χ1) is 11.5. The van der Waals surface area contributed by atoms with Gasteiger partial charge in [-0.05, 0) is 66.9 Å². The van der Waals surface area contributed by atoms with Crippen molar-refractivity contribution < 1.29 is 19.4 Å². The van der Waals surface area contributed by atoms with Gasteiger partial charge in [-0.2, -0.15) is 0 Å². The molecular formula is C20H20O4. The molecule has 0 aliphatic heterocycles. The fourth-order valence-electron chi connectivity index (χ4n) is 2.69. The SMILES string of the molecule is COc1ccc2cc(C(O)/C=C/c3cc(C)c(O)c(C)c3)oc2c1. The minimum absolute atomic E-state index is 0.305. The highest BCUT2D eigenvalue weighted by Crippen LogP contribution is 2.29. The molecule has 124 valence electrons. The number of benzene rings is 2. The molecule has 0 aliphatic rings. The Morgan fingerprint density at radius 3 is 2.46 bits per heavy atom. The van der Waals surface area contributed by atoms with Gasteiger partial charge >= 0.3 is 0 Å². The summed E-state index contributed by atoms with van der Waals surface area (Å²) in [5, 5.41) is 21.1. The Bertz CT molecular complexity index is 882. The van der Waals surface area contributed by atoms with Gasteiger partial charge in [-0.15, -0.1) is 0 Å². The number of fused-ring (bicyclic) bond motifs is 1. The summed E-state index contributed by atoms with van der Waals surface area (Å²) in [4.78, 5) is 0. The summed E-state index contributed by atoms with van der Waals surface area (Å²) in [5.41, 5.74) is 3.20. The van der Waals surface area contributed by atoms with Crippen LogP contribution in [0.2, 0.25) is 0 Å². The molecule has 3 rings (SSSR count). The number of methoxy groups -OCH3 is 1.